The minimum Gasteiger partial charge on any atom is -0.461 e. The highest BCUT2D eigenvalue weighted by Gasteiger charge is 2.28. The van der Waals surface area contributed by atoms with Gasteiger partial charge in [-0.15, -0.1) is 0 Å². The summed E-state index contributed by atoms with van der Waals surface area (Å²) in [6.07, 6.45) is 2.02. The number of aryl methyl sites for hydroxylation is 2. The zero-order chi connectivity index (χ0) is 14.7. The summed E-state index contributed by atoms with van der Waals surface area (Å²) in [7, 11) is 0. The molecule has 1 aliphatic rings. The number of rotatable bonds is 0. The standard InChI is InChI=1S/C17H14Br2O2/c1-8-3-4-14-15(17-11(8)5-9(2)20-17)12-6-10(18)7-13(19)16(12)21-14/h5-8H,3-4H2,1-2H3/t8-/m0/s1. The van der Waals surface area contributed by atoms with E-state index >= 15 is 0 Å². The summed E-state index contributed by atoms with van der Waals surface area (Å²) in [5.41, 5.74) is 3.32. The van der Waals surface area contributed by atoms with E-state index in [1.54, 1.807) is 0 Å². The van der Waals surface area contributed by atoms with Crippen LogP contribution in [0, 0.1) is 6.92 Å². The van der Waals surface area contributed by atoms with Gasteiger partial charge in [-0.05, 0) is 53.4 Å². The van der Waals surface area contributed by atoms with Crippen LogP contribution in [0.4, 0.5) is 0 Å². The van der Waals surface area contributed by atoms with Crippen molar-refractivity contribution >= 4 is 42.8 Å². The fraction of sp³-hybridized carbons (Fsp3) is 0.294. The normalized spacial score (nSPS) is 17.6. The third-order valence-electron chi connectivity index (χ3n) is 4.23. The molecule has 2 nitrogen and oxygen atoms in total. The van der Waals surface area contributed by atoms with E-state index in [1.165, 1.54) is 5.56 Å². The van der Waals surface area contributed by atoms with Crippen molar-refractivity contribution in [1.82, 2.24) is 0 Å². The van der Waals surface area contributed by atoms with Crippen LogP contribution in [0.2, 0.25) is 0 Å². The van der Waals surface area contributed by atoms with Crippen molar-refractivity contribution in [2.24, 2.45) is 0 Å². The summed E-state index contributed by atoms with van der Waals surface area (Å²) < 4.78 is 14.2. The molecule has 0 saturated carbocycles. The molecular formula is C17H14Br2O2. The molecule has 0 N–H and O–H groups in total. The zero-order valence-electron chi connectivity index (χ0n) is 11.8. The molecule has 108 valence electrons. The fourth-order valence-electron chi connectivity index (χ4n) is 3.20. The summed E-state index contributed by atoms with van der Waals surface area (Å²) in [5.74, 6) is 3.47. The van der Waals surface area contributed by atoms with Crippen LogP contribution in [-0.2, 0) is 6.42 Å². The van der Waals surface area contributed by atoms with Gasteiger partial charge in [-0.25, -0.2) is 0 Å². The van der Waals surface area contributed by atoms with Crippen LogP contribution in [-0.4, -0.2) is 0 Å². The van der Waals surface area contributed by atoms with Crippen molar-refractivity contribution < 1.29 is 8.83 Å². The van der Waals surface area contributed by atoms with Gasteiger partial charge in [0.1, 0.15) is 22.9 Å². The molecular weight excluding hydrogens is 396 g/mol. The van der Waals surface area contributed by atoms with E-state index in [1.807, 2.05) is 13.0 Å². The monoisotopic (exact) mass is 408 g/mol. The second-order valence-corrected chi connectivity index (χ2v) is 7.52. The molecule has 2 aromatic heterocycles. The molecule has 2 heterocycles. The van der Waals surface area contributed by atoms with Crippen molar-refractivity contribution in [3.05, 3.63) is 44.2 Å². The van der Waals surface area contributed by atoms with Crippen LogP contribution in [0.1, 0.15) is 36.3 Å². The van der Waals surface area contributed by atoms with E-state index in [0.717, 1.165) is 55.6 Å². The van der Waals surface area contributed by atoms with Gasteiger partial charge in [-0.1, -0.05) is 22.9 Å². The Balaban J connectivity index is 2.12. The minimum absolute atomic E-state index is 0.491. The molecule has 1 aliphatic carbocycles. The average Bonchev–Trinajstić information content (AvgIpc) is 2.93. The second-order valence-electron chi connectivity index (χ2n) is 5.75. The third kappa shape index (κ3) is 2.03. The Kier molecular flexibility index (Phi) is 3.09. The van der Waals surface area contributed by atoms with Crippen molar-refractivity contribution in [3.8, 4) is 11.3 Å². The number of benzene rings is 1. The Bertz CT molecular complexity index is 857. The lowest BCUT2D eigenvalue weighted by molar-refractivity contribution is 0.525. The van der Waals surface area contributed by atoms with Crippen LogP contribution in [0.5, 0.6) is 0 Å². The van der Waals surface area contributed by atoms with Gasteiger partial charge in [0, 0.05) is 21.8 Å². The number of furan rings is 2. The predicted molar refractivity (Wildman–Crippen MR) is 90.8 cm³/mol. The van der Waals surface area contributed by atoms with Crippen molar-refractivity contribution in [3.63, 3.8) is 0 Å². The summed E-state index contributed by atoms with van der Waals surface area (Å²) in [4.78, 5) is 0. The lowest BCUT2D eigenvalue weighted by atomic mass is 9.98. The summed E-state index contributed by atoms with van der Waals surface area (Å²) in [5, 5.41) is 1.11. The molecule has 1 atom stereocenters. The highest BCUT2D eigenvalue weighted by molar-refractivity contribution is 9.11. The van der Waals surface area contributed by atoms with Gasteiger partial charge >= 0.3 is 0 Å². The van der Waals surface area contributed by atoms with Crippen molar-refractivity contribution in [2.45, 2.75) is 32.6 Å². The maximum Gasteiger partial charge on any atom is 0.149 e. The Labute approximate surface area is 139 Å². The Hall–Kier alpha value is -1.000. The first-order chi connectivity index (χ1) is 10.0. The Morgan fingerprint density at radius 1 is 1.14 bits per heavy atom. The first-order valence-electron chi connectivity index (χ1n) is 7.05. The first-order valence-corrected chi connectivity index (χ1v) is 8.64. The quantitative estimate of drug-likeness (QED) is 0.419. The highest BCUT2D eigenvalue weighted by atomic mass is 79.9. The van der Waals surface area contributed by atoms with E-state index in [-0.39, 0.29) is 0 Å². The number of fused-ring (bicyclic) bond motifs is 5. The van der Waals surface area contributed by atoms with Gasteiger partial charge in [-0.3, -0.25) is 0 Å². The molecule has 0 bridgehead atoms. The Morgan fingerprint density at radius 2 is 1.95 bits per heavy atom. The smallest absolute Gasteiger partial charge is 0.149 e. The largest absolute Gasteiger partial charge is 0.461 e. The molecule has 0 aliphatic heterocycles. The van der Waals surface area contributed by atoms with Crippen LogP contribution < -0.4 is 0 Å². The fourth-order valence-corrected chi connectivity index (χ4v) is 4.50. The van der Waals surface area contributed by atoms with Gasteiger partial charge < -0.3 is 8.83 Å². The summed E-state index contributed by atoms with van der Waals surface area (Å²) >= 11 is 7.17. The van der Waals surface area contributed by atoms with Gasteiger partial charge in [-0.2, -0.15) is 0 Å². The molecule has 21 heavy (non-hydrogen) atoms. The number of halogens is 2. The zero-order valence-corrected chi connectivity index (χ0v) is 15.0. The van der Waals surface area contributed by atoms with E-state index < -0.39 is 0 Å². The lowest BCUT2D eigenvalue weighted by Gasteiger charge is -2.06. The summed E-state index contributed by atoms with van der Waals surface area (Å²) in [6.45, 7) is 4.27. The van der Waals surface area contributed by atoms with Crippen LogP contribution in [0.3, 0.4) is 0 Å². The van der Waals surface area contributed by atoms with E-state index in [0.29, 0.717) is 5.92 Å². The van der Waals surface area contributed by atoms with E-state index in [2.05, 4.69) is 50.9 Å². The SMILES string of the molecule is Cc1cc2c(o1)-c1c(oc3c(Br)cc(Br)cc13)CC[C@@H]2C. The van der Waals surface area contributed by atoms with Crippen molar-refractivity contribution in [2.75, 3.05) is 0 Å². The van der Waals surface area contributed by atoms with Gasteiger partial charge in [0.25, 0.3) is 0 Å². The topological polar surface area (TPSA) is 26.3 Å². The molecule has 4 heteroatoms. The van der Waals surface area contributed by atoms with E-state index in [4.69, 9.17) is 8.83 Å². The molecule has 3 aromatic rings. The molecule has 0 amide bonds. The molecule has 1 aromatic carbocycles. The number of hydrogen-bond acceptors (Lipinski definition) is 2. The highest BCUT2D eigenvalue weighted by Crippen LogP contribution is 2.46. The first kappa shape index (κ1) is 13.6. The molecule has 0 fully saturated rings. The lowest BCUT2D eigenvalue weighted by Crippen LogP contribution is -1.91. The van der Waals surface area contributed by atoms with E-state index in [9.17, 15) is 0 Å². The molecule has 0 saturated heterocycles. The van der Waals surface area contributed by atoms with Gasteiger partial charge in [0.15, 0.2) is 0 Å². The second kappa shape index (κ2) is 4.75. The molecule has 0 unspecified atom stereocenters. The third-order valence-corrected chi connectivity index (χ3v) is 5.28. The Morgan fingerprint density at radius 3 is 2.76 bits per heavy atom. The van der Waals surface area contributed by atoms with Crippen LogP contribution >= 0.6 is 31.9 Å². The maximum absolute atomic E-state index is 6.14. The van der Waals surface area contributed by atoms with Crippen LogP contribution in [0.15, 0.2) is 36.0 Å². The molecule has 0 radical (unpaired) electrons. The average molecular weight is 410 g/mol. The molecule has 4 rings (SSSR count). The minimum atomic E-state index is 0.491. The van der Waals surface area contributed by atoms with Gasteiger partial charge in [0.05, 0.1) is 10.0 Å². The summed E-state index contributed by atoms with van der Waals surface area (Å²) in [6, 6.07) is 6.29. The van der Waals surface area contributed by atoms with Gasteiger partial charge in [0.2, 0.25) is 0 Å². The molecule has 0 spiro atoms. The number of hydrogen-bond donors (Lipinski definition) is 0. The van der Waals surface area contributed by atoms with Crippen LogP contribution in [0.25, 0.3) is 22.3 Å². The predicted octanol–water partition coefficient (Wildman–Crippen LogP) is 6.58. The van der Waals surface area contributed by atoms with Crippen molar-refractivity contribution in [1.29, 1.82) is 0 Å². The maximum atomic E-state index is 6.14.